The molecule has 0 atom stereocenters. The van der Waals surface area contributed by atoms with Crippen LogP contribution in [0.25, 0.3) is 6.08 Å². The molecule has 19 heavy (non-hydrogen) atoms. The Morgan fingerprint density at radius 1 is 1.58 bits per heavy atom. The van der Waals surface area contributed by atoms with Gasteiger partial charge in [0.2, 0.25) is 0 Å². The molecular weight excluding hydrogens is 266 g/mol. The zero-order valence-corrected chi connectivity index (χ0v) is 11.8. The first-order valence-electron chi connectivity index (χ1n) is 5.94. The molecule has 6 heteroatoms. The summed E-state index contributed by atoms with van der Waals surface area (Å²) in [6, 6.07) is 1.68. The van der Waals surface area contributed by atoms with E-state index in [4.69, 9.17) is 16.7 Å². The highest BCUT2D eigenvalue weighted by molar-refractivity contribution is 6.33. The van der Waals surface area contributed by atoms with Crippen molar-refractivity contribution in [3.05, 3.63) is 28.9 Å². The minimum absolute atomic E-state index is 0.484. The normalized spacial score (nSPS) is 11.2. The Bertz CT molecular complexity index is 461. The maximum Gasteiger partial charge on any atom is 0.328 e. The van der Waals surface area contributed by atoms with E-state index >= 15 is 0 Å². The number of nitrogens with zero attached hydrogens (tertiary/aromatic N) is 2. The summed E-state index contributed by atoms with van der Waals surface area (Å²) in [7, 11) is 4.05. The molecule has 1 rings (SSSR count). The van der Waals surface area contributed by atoms with E-state index < -0.39 is 5.97 Å². The maximum atomic E-state index is 10.4. The zero-order valence-electron chi connectivity index (χ0n) is 11.1. The highest BCUT2D eigenvalue weighted by Crippen LogP contribution is 2.20. The number of hydrogen-bond acceptors (Lipinski definition) is 4. The molecule has 2 N–H and O–H groups in total. The van der Waals surface area contributed by atoms with Crippen molar-refractivity contribution in [2.45, 2.75) is 6.42 Å². The van der Waals surface area contributed by atoms with E-state index in [1.807, 2.05) is 14.1 Å². The van der Waals surface area contributed by atoms with Crippen LogP contribution in [0.4, 0.5) is 5.82 Å². The van der Waals surface area contributed by atoms with Gasteiger partial charge in [0.05, 0.1) is 5.02 Å². The monoisotopic (exact) mass is 283 g/mol. The van der Waals surface area contributed by atoms with Gasteiger partial charge in [-0.15, -0.1) is 0 Å². The zero-order chi connectivity index (χ0) is 14.3. The van der Waals surface area contributed by atoms with Crippen molar-refractivity contribution >= 4 is 29.5 Å². The molecule has 0 aliphatic heterocycles. The van der Waals surface area contributed by atoms with Gasteiger partial charge in [-0.3, -0.25) is 0 Å². The van der Waals surface area contributed by atoms with Gasteiger partial charge in [0.15, 0.2) is 0 Å². The lowest BCUT2D eigenvalue weighted by atomic mass is 10.2. The van der Waals surface area contributed by atoms with Crippen LogP contribution in [0.15, 0.2) is 18.3 Å². The Hall–Kier alpha value is -1.59. The molecule has 1 heterocycles. The summed E-state index contributed by atoms with van der Waals surface area (Å²) in [5.74, 6) is -0.380. The fraction of sp³-hybridized carbons (Fsp3) is 0.385. The topological polar surface area (TPSA) is 65.5 Å². The van der Waals surface area contributed by atoms with E-state index in [1.165, 1.54) is 6.08 Å². The summed E-state index contributed by atoms with van der Waals surface area (Å²) in [4.78, 5) is 16.7. The van der Waals surface area contributed by atoms with Crippen molar-refractivity contribution < 1.29 is 9.90 Å². The number of pyridine rings is 1. The number of anilines is 1. The third-order valence-corrected chi connectivity index (χ3v) is 2.64. The predicted octanol–water partition coefficient (Wildman–Crippen LogP) is 2.20. The van der Waals surface area contributed by atoms with Crippen LogP contribution in [0, 0.1) is 0 Å². The lowest BCUT2D eigenvalue weighted by Crippen LogP contribution is -2.16. The minimum Gasteiger partial charge on any atom is -0.478 e. The van der Waals surface area contributed by atoms with Gasteiger partial charge in [-0.2, -0.15) is 0 Å². The number of aliphatic carboxylic acids is 1. The molecule has 0 fully saturated rings. The fourth-order valence-electron chi connectivity index (χ4n) is 1.44. The second-order valence-corrected chi connectivity index (χ2v) is 4.76. The van der Waals surface area contributed by atoms with Crippen LogP contribution in [0.3, 0.4) is 0 Å². The molecule has 0 aliphatic rings. The van der Waals surface area contributed by atoms with E-state index in [0.29, 0.717) is 16.4 Å². The first kappa shape index (κ1) is 15.5. The minimum atomic E-state index is -0.998. The number of carboxylic acids is 1. The van der Waals surface area contributed by atoms with Crippen LogP contribution in [0.5, 0.6) is 0 Å². The van der Waals surface area contributed by atoms with Gasteiger partial charge in [0.1, 0.15) is 5.82 Å². The number of halogens is 1. The van der Waals surface area contributed by atoms with Crippen molar-refractivity contribution in [1.82, 2.24) is 9.88 Å². The highest BCUT2D eigenvalue weighted by Gasteiger charge is 2.02. The summed E-state index contributed by atoms with van der Waals surface area (Å²) in [6.07, 6.45) is 5.08. The van der Waals surface area contributed by atoms with Crippen LogP contribution in [-0.4, -0.2) is 48.1 Å². The summed E-state index contributed by atoms with van der Waals surface area (Å²) in [5, 5.41) is 12.2. The molecular formula is C13H18ClN3O2. The molecule has 0 amide bonds. The number of carbonyl (C=O) groups is 1. The van der Waals surface area contributed by atoms with E-state index in [1.54, 1.807) is 12.3 Å². The molecule has 1 aromatic rings. The van der Waals surface area contributed by atoms with Crippen LogP contribution < -0.4 is 5.32 Å². The predicted molar refractivity (Wildman–Crippen MR) is 77.6 cm³/mol. The summed E-state index contributed by atoms with van der Waals surface area (Å²) < 4.78 is 0. The number of rotatable bonds is 7. The van der Waals surface area contributed by atoms with Gasteiger partial charge >= 0.3 is 5.97 Å². The molecule has 0 unspecified atom stereocenters. The summed E-state index contributed by atoms with van der Waals surface area (Å²) in [5.41, 5.74) is 0.659. The largest absolute Gasteiger partial charge is 0.478 e. The second kappa shape index (κ2) is 7.76. The molecule has 0 aromatic carbocycles. The van der Waals surface area contributed by atoms with Crippen LogP contribution in [0.2, 0.25) is 5.02 Å². The summed E-state index contributed by atoms with van der Waals surface area (Å²) >= 11 is 6.07. The summed E-state index contributed by atoms with van der Waals surface area (Å²) in [6.45, 7) is 1.78. The number of hydrogen-bond donors (Lipinski definition) is 2. The lowest BCUT2D eigenvalue weighted by molar-refractivity contribution is -0.131. The molecule has 0 bridgehead atoms. The Labute approximate surface area is 117 Å². The molecule has 0 saturated carbocycles. The van der Waals surface area contributed by atoms with Gasteiger partial charge < -0.3 is 15.3 Å². The van der Waals surface area contributed by atoms with Crippen LogP contribution >= 0.6 is 11.6 Å². The van der Waals surface area contributed by atoms with Gasteiger partial charge in [-0.1, -0.05) is 11.6 Å². The molecule has 0 spiro atoms. The smallest absolute Gasteiger partial charge is 0.328 e. The van der Waals surface area contributed by atoms with E-state index in [-0.39, 0.29) is 0 Å². The average molecular weight is 284 g/mol. The maximum absolute atomic E-state index is 10.4. The van der Waals surface area contributed by atoms with Gasteiger partial charge in [0, 0.05) is 18.8 Å². The molecule has 1 aromatic heterocycles. The van der Waals surface area contributed by atoms with Gasteiger partial charge in [0.25, 0.3) is 0 Å². The standard InChI is InChI=1S/C13H18ClN3O2/c1-17(2)7-3-6-15-13-11(14)8-10(9-16-13)4-5-12(18)19/h4-5,8-9H,3,6-7H2,1-2H3,(H,15,16)(H,18,19)/b5-4+. The Kier molecular flexibility index (Phi) is 6.32. The highest BCUT2D eigenvalue weighted by atomic mass is 35.5. The van der Waals surface area contributed by atoms with Crippen molar-refractivity contribution in [3.63, 3.8) is 0 Å². The van der Waals surface area contributed by atoms with Crippen molar-refractivity contribution in [1.29, 1.82) is 0 Å². The number of aromatic nitrogens is 1. The Balaban J connectivity index is 2.55. The number of carboxylic acid groups (broad SMARTS) is 1. The van der Waals surface area contributed by atoms with Crippen LogP contribution in [-0.2, 0) is 4.79 Å². The van der Waals surface area contributed by atoms with Crippen molar-refractivity contribution in [2.75, 3.05) is 32.5 Å². The molecule has 0 radical (unpaired) electrons. The molecule has 0 aliphatic carbocycles. The first-order valence-corrected chi connectivity index (χ1v) is 6.32. The molecule has 5 nitrogen and oxygen atoms in total. The molecule has 0 saturated heterocycles. The van der Waals surface area contributed by atoms with Crippen LogP contribution in [0.1, 0.15) is 12.0 Å². The van der Waals surface area contributed by atoms with Crippen molar-refractivity contribution in [2.24, 2.45) is 0 Å². The second-order valence-electron chi connectivity index (χ2n) is 4.35. The van der Waals surface area contributed by atoms with E-state index in [0.717, 1.165) is 25.6 Å². The third-order valence-electron chi connectivity index (χ3n) is 2.36. The quantitative estimate of drug-likeness (QED) is 0.593. The SMILES string of the molecule is CN(C)CCCNc1ncc(/C=C/C(=O)O)cc1Cl. The Morgan fingerprint density at radius 3 is 2.89 bits per heavy atom. The van der Waals surface area contributed by atoms with E-state index in [2.05, 4.69) is 15.2 Å². The fourth-order valence-corrected chi connectivity index (χ4v) is 1.69. The van der Waals surface area contributed by atoms with Crippen molar-refractivity contribution in [3.8, 4) is 0 Å². The van der Waals surface area contributed by atoms with Gasteiger partial charge in [-0.05, 0) is 44.8 Å². The lowest BCUT2D eigenvalue weighted by Gasteiger charge is -2.11. The van der Waals surface area contributed by atoms with Gasteiger partial charge in [-0.25, -0.2) is 9.78 Å². The van der Waals surface area contributed by atoms with E-state index in [9.17, 15) is 4.79 Å². The third kappa shape index (κ3) is 6.22. The Morgan fingerprint density at radius 2 is 2.32 bits per heavy atom. The number of nitrogens with one attached hydrogen (secondary N) is 1. The average Bonchev–Trinajstić information content (AvgIpc) is 2.33. The first-order chi connectivity index (χ1) is 8.99. The molecule has 104 valence electrons.